The summed E-state index contributed by atoms with van der Waals surface area (Å²) in [5, 5.41) is 17.8. The maximum Gasteiger partial charge on any atom is 0.294 e. The molecule has 0 saturated carbocycles. The third-order valence-electron chi connectivity index (χ3n) is 4.17. The van der Waals surface area contributed by atoms with Crippen molar-refractivity contribution in [2.24, 2.45) is 7.05 Å². The van der Waals surface area contributed by atoms with Crippen LogP contribution in [-0.2, 0) is 18.3 Å². The van der Waals surface area contributed by atoms with Crippen LogP contribution in [0.4, 0.5) is 0 Å². The Bertz CT molecular complexity index is 669. The summed E-state index contributed by atoms with van der Waals surface area (Å²) in [6.45, 7) is 8.12. The zero-order valence-corrected chi connectivity index (χ0v) is 14.8. The summed E-state index contributed by atoms with van der Waals surface area (Å²) in [5.74, 6) is 0. The maximum atomic E-state index is 5.99. The minimum Gasteiger partial charge on any atom is -0.469 e. The van der Waals surface area contributed by atoms with E-state index in [0.29, 0.717) is 18.3 Å². The predicted molar refractivity (Wildman–Crippen MR) is 87.7 cm³/mol. The Hall–Kier alpha value is -1.51. The van der Waals surface area contributed by atoms with Gasteiger partial charge in [-0.1, -0.05) is 11.3 Å². The first-order valence-corrected chi connectivity index (χ1v) is 8.72. The lowest BCUT2D eigenvalue weighted by Crippen LogP contribution is -2.31. The van der Waals surface area contributed by atoms with Gasteiger partial charge >= 0.3 is 0 Å². The van der Waals surface area contributed by atoms with Gasteiger partial charge in [-0.3, -0.25) is 4.68 Å². The monoisotopic (exact) mass is 337 g/mol. The summed E-state index contributed by atoms with van der Waals surface area (Å²) in [6.07, 6.45) is 1.03. The zero-order valence-electron chi connectivity index (χ0n) is 14.0. The highest BCUT2D eigenvalue weighted by atomic mass is 32.1. The van der Waals surface area contributed by atoms with Gasteiger partial charge in [0.15, 0.2) is 0 Å². The van der Waals surface area contributed by atoms with Crippen LogP contribution in [-0.4, -0.2) is 39.2 Å². The lowest BCUT2D eigenvalue weighted by atomic mass is 10.0. The van der Waals surface area contributed by atoms with Gasteiger partial charge in [-0.25, -0.2) is 0 Å². The summed E-state index contributed by atoms with van der Waals surface area (Å²) in [6, 6.07) is 0.260. The average Bonchev–Trinajstić information content (AvgIpc) is 3.19. The van der Waals surface area contributed by atoms with E-state index in [2.05, 4.69) is 27.5 Å². The van der Waals surface area contributed by atoms with Crippen molar-refractivity contribution in [1.29, 1.82) is 0 Å². The Morgan fingerprint density at radius 3 is 2.91 bits per heavy atom. The second kappa shape index (κ2) is 6.94. The summed E-state index contributed by atoms with van der Waals surface area (Å²) < 4.78 is 13.3. The molecule has 1 N–H and O–H groups in total. The van der Waals surface area contributed by atoms with Crippen LogP contribution in [0.3, 0.4) is 0 Å². The van der Waals surface area contributed by atoms with Crippen molar-refractivity contribution < 1.29 is 9.47 Å². The molecule has 3 heterocycles. The van der Waals surface area contributed by atoms with Gasteiger partial charge < -0.3 is 14.8 Å². The van der Waals surface area contributed by atoms with Crippen molar-refractivity contribution in [2.45, 2.75) is 45.9 Å². The van der Waals surface area contributed by atoms with Crippen LogP contribution in [0.25, 0.3) is 0 Å². The molecular formula is C15H23N5O2S. The predicted octanol–water partition coefficient (Wildman–Crippen LogP) is 1.91. The van der Waals surface area contributed by atoms with Gasteiger partial charge in [0, 0.05) is 31.0 Å². The second-order valence-corrected chi connectivity index (χ2v) is 6.69. The number of ether oxygens (including phenoxy) is 2. The third-order valence-corrected chi connectivity index (χ3v) is 5.01. The van der Waals surface area contributed by atoms with Crippen molar-refractivity contribution in [3.8, 4) is 5.19 Å². The fourth-order valence-corrected chi connectivity index (χ4v) is 3.69. The van der Waals surface area contributed by atoms with E-state index in [1.165, 1.54) is 16.9 Å². The van der Waals surface area contributed by atoms with Crippen molar-refractivity contribution >= 4 is 11.3 Å². The minimum absolute atomic E-state index is 0.0444. The first-order chi connectivity index (χ1) is 11.1. The van der Waals surface area contributed by atoms with E-state index in [-0.39, 0.29) is 12.1 Å². The van der Waals surface area contributed by atoms with Crippen molar-refractivity contribution in [3.05, 3.63) is 22.0 Å². The molecule has 1 saturated heterocycles. The smallest absolute Gasteiger partial charge is 0.294 e. The Kier molecular flexibility index (Phi) is 4.93. The molecule has 2 aromatic rings. The average molecular weight is 337 g/mol. The van der Waals surface area contributed by atoms with Gasteiger partial charge in [0.2, 0.25) is 0 Å². The Morgan fingerprint density at radius 2 is 2.22 bits per heavy atom. The fourth-order valence-electron chi connectivity index (χ4n) is 2.99. The number of rotatable bonds is 6. The third kappa shape index (κ3) is 3.39. The largest absolute Gasteiger partial charge is 0.469 e. The first kappa shape index (κ1) is 16.4. The van der Waals surface area contributed by atoms with E-state index in [9.17, 15) is 0 Å². The normalized spacial score (nSPS) is 21.0. The molecule has 7 nitrogen and oxygen atoms in total. The van der Waals surface area contributed by atoms with Crippen molar-refractivity contribution in [2.75, 3.05) is 13.2 Å². The highest BCUT2D eigenvalue weighted by Gasteiger charge is 2.33. The van der Waals surface area contributed by atoms with Crippen LogP contribution in [0, 0.1) is 13.8 Å². The number of nitrogens with one attached hydrogen (secondary N) is 1. The van der Waals surface area contributed by atoms with Gasteiger partial charge in [0.25, 0.3) is 5.19 Å². The molecule has 2 atom stereocenters. The molecule has 1 aliphatic heterocycles. The molecule has 0 radical (unpaired) electrons. The van der Waals surface area contributed by atoms with Crippen LogP contribution in [0.5, 0.6) is 5.19 Å². The van der Waals surface area contributed by atoms with E-state index in [1.54, 1.807) is 0 Å². The van der Waals surface area contributed by atoms with Gasteiger partial charge in [-0.05, 0) is 27.2 Å². The van der Waals surface area contributed by atoms with Crippen LogP contribution < -0.4 is 10.1 Å². The Labute approximate surface area is 140 Å². The van der Waals surface area contributed by atoms with Crippen LogP contribution in [0.2, 0.25) is 0 Å². The fraction of sp³-hybridized carbons (Fsp3) is 0.667. The molecule has 0 aromatic carbocycles. The van der Waals surface area contributed by atoms with Gasteiger partial charge in [0.1, 0.15) is 11.1 Å². The summed E-state index contributed by atoms with van der Waals surface area (Å²) in [7, 11) is 1.97. The van der Waals surface area contributed by atoms with Crippen molar-refractivity contribution in [3.63, 3.8) is 0 Å². The van der Waals surface area contributed by atoms with E-state index in [1.807, 2.05) is 25.6 Å². The standard InChI is InChI=1S/C15H23N5O2S/c1-5-21-15-18-17-12(23-15)8-16-11-6-7-22-14(11)13-9(2)19-20(4)10(13)3/h11,14,16H,5-8H2,1-4H3/t11-,14-/m1/s1. The zero-order chi connectivity index (χ0) is 16.4. The molecule has 0 spiro atoms. The molecule has 126 valence electrons. The lowest BCUT2D eigenvalue weighted by molar-refractivity contribution is 0.0974. The lowest BCUT2D eigenvalue weighted by Gasteiger charge is -2.20. The molecule has 0 aliphatic carbocycles. The number of nitrogens with zero attached hydrogens (tertiary/aromatic N) is 4. The number of aromatic nitrogens is 4. The molecule has 23 heavy (non-hydrogen) atoms. The molecule has 0 bridgehead atoms. The topological polar surface area (TPSA) is 74.1 Å². The van der Waals surface area contributed by atoms with Gasteiger partial charge in [-0.2, -0.15) is 5.10 Å². The van der Waals surface area contributed by atoms with E-state index >= 15 is 0 Å². The summed E-state index contributed by atoms with van der Waals surface area (Å²) in [5.41, 5.74) is 3.41. The molecule has 3 rings (SSSR count). The van der Waals surface area contributed by atoms with E-state index in [4.69, 9.17) is 9.47 Å². The van der Waals surface area contributed by atoms with Crippen LogP contribution in [0.1, 0.15) is 41.4 Å². The number of hydrogen-bond donors (Lipinski definition) is 1. The Morgan fingerprint density at radius 1 is 1.39 bits per heavy atom. The first-order valence-electron chi connectivity index (χ1n) is 7.90. The molecule has 1 fully saturated rings. The second-order valence-electron chi connectivity index (χ2n) is 5.67. The van der Waals surface area contributed by atoms with Crippen LogP contribution >= 0.6 is 11.3 Å². The highest BCUT2D eigenvalue weighted by molar-refractivity contribution is 7.13. The van der Waals surface area contributed by atoms with Gasteiger partial charge in [-0.15, -0.1) is 10.2 Å². The SMILES string of the molecule is CCOc1nnc(CN[C@@H]2CCO[C@H]2c2c(C)nn(C)c2C)s1. The molecular weight excluding hydrogens is 314 g/mol. The number of hydrogen-bond acceptors (Lipinski definition) is 7. The Balaban J connectivity index is 1.67. The summed E-state index contributed by atoms with van der Waals surface area (Å²) >= 11 is 1.48. The van der Waals surface area contributed by atoms with Gasteiger partial charge in [0.05, 0.1) is 18.8 Å². The molecule has 0 amide bonds. The number of aryl methyl sites for hydroxylation is 2. The van der Waals surface area contributed by atoms with E-state index in [0.717, 1.165) is 29.4 Å². The highest BCUT2D eigenvalue weighted by Crippen LogP contribution is 2.33. The van der Waals surface area contributed by atoms with E-state index < -0.39 is 0 Å². The minimum atomic E-state index is 0.0444. The molecule has 8 heteroatoms. The van der Waals surface area contributed by atoms with Crippen LogP contribution in [0.15, 0.2) is 0 Å². The molecule has 0 unspecified atom stereocenters. The molecule has 2 aromatic heterocycles. The quantitative estimate of drug-likeness (QED) is 0.868. The maximum absolute atomic E-state index is 5.99. The van der Waals surface area contributed by atoms with Crippen molar-refractivity contribution in [1.82, 2.24) is 25.3 Å². The molecule has 1 aliphatic rings. The summed E-state index contributed by atoms with van der Waals surface area (Å²) in [4.78, 5) is 0.